The van der Waals surface area contributed by atoms with E-state index in [4.69, 9.17) is 0 Å². The van der Waals surface area contributed by atoms with Crippen LogP contribution < -0.4 is 5.32 Å². The summed E-state index contributed by atoms with van der Waals surface area (Å²) in [7, 11) is 0. The zero-order valence-corrected chi connectivity index (χ0v) is 12.4. The van der Waals surface area contributed by atoms with E-state index in [0.29, 0.717) is 12.1 Å². The lowest BCUT2D eigenvalue weighted by Gasteiger charge is -2.25. The van der Waals surface area contributed by atoms with Crippen LogP contribution in [0.5, 0.6) is 0 Å². The summed E-state index contributed by atoms with van der Waals surface area (Å²) in [6.45, 7) is 9.11. The Hall–Kier alpha value is -0.340. The SMILES string of the molecule is Cc1cc(C(C)N[C@H](C)C2CCCC2)c(C)s1. The minimum Gasteiger partial charge on any atom is -0.307 e. The smallest absolute Gasteiger partial charge is 0.0305 e. The van der Waals surface area contributed by atoms with E-state index in [-0.39, 0.29) is 0 Å². The van der Waals surface area contributed by atoms with Gasteiger partial charge < -0.3 is 5.32 Å². The molecule has 1 fully saturated rings. The van der Waals surface area contributed by atoms with Gasteiger partial charge in [0.25, 0.3) is 0 Å². The van der Waals surface area contributed by atoms with Crippen LogP contribution in [-0.2, 0) is 0 Å². The van der Waals surface area contributed by atoms with E-state index >= 15 is 0 Å². The summed E-state index contributed by atoms with van der Waals surface area (Å²) in [5.74, 6) is 0.900. The molecular formula is C15H25NS. The molecule has 1 aliphatic rings. The molecular weight excluding hydrogens is 226 g/mol. The van der Waals surface area contributed by atoms with Gasteiger partial charge in [-0.05, 0) is 58.1 Å². The zero-order valence-electron chi connectivity index (χ0n) is 11.5. The number of nitrogens with one attached hydrogen (secondary N) is 1. The number of hydrogen-bond donors (Lipinski definition) is 1. The highest BCUT2D eigenvalue weighted by Gasteiger charge is 2.23. The van der Waals surface area contributed by atoms with E-state index in [9.17, 15) is 0 Å². The molecule has 1 aromatic rings. The third-order valence-electron chi connectivity index (χ3n) is 4.17. The van der Waals surface area contributed by atoms with E-state index in [2.05, 4.69) is 39.1 Å². The van der Waals surface area contributed by atoms with Crippen molar-refractivity contribution in [1.29, 1.82) is 0 Å². The Morgan fingerprint density at radius 1 is 1.24 bits per heavy atom. The van der Waals surface area contributed by atoms with E-state index in [1.807, 2.05) is 11.3 Å². The van der Waals surface area contributed by atoms with E-state index in [0.717, 1.165) is 5.92 Å². The second kappa shape index (κ2) is 5.53. The number of rotatable bonds is 4. The molecule has 0 aromatic carbocycles. The summed E-state index contributed by atoms with van der Waals surface area (Å²) in [5.41, 5.74) is 1.50. The van der Waals surface area contributed by atoms with Gasteiger partial charge >= 0.3 is 0 Å². The summed E-state index contributed by atoms with van der Waals surface area (Å²) in [4.78, 5) is 2.90. The summed E-state index contributed by atoms with van der Waals surface area (Å²) in [6, 6.07) is 3.50. The predicted molar refractivity (Wildman–Crippen MR) is 76.8 cm³/mol. The van der Waals surface area contributed by atoms with Gasteiger partial charge in [0, 0.05) is 21.8 Å². The van der Waals surface area contributed by atoms with Crippen LogP contribution in [0.15, 0.2) is 6.07 Å². The van der Waals surface area contributed by atoms with E-state index in [1.54, 1.807) is 0 Å². The molecule has 1 aromatic heterocycles. The second-order valence-electron chi connectivity index (χ2n) is 5.59. The highest BCUT2D eigenvalue weighted by atomic mass is 32.1. The van der Waals surface area contributed by atoms with Crippen LogP contribution in [0.1, 0.15) is 60.9 Å². The zero-order chi connectivity index (χ0) is 12.4. The van der Waals surface area contributed by atoms with E-state index in [1.165, 1.54) is 41.0 Å². The van der Waals surface area contributed by atoms with Crippen LogP contribution in [-0.4, -0.2) is 6.04 Å². The van der Waals surface area contributed by atoms with Gasteiger partial charge in [-0.3, -0.25) is 0 Å². The molecule has 2 atom stereocenters. The summed E-state index contributed by atoms with van der Waals surface area (Å²) < 4.78 is 0. The van der Waals surface area contributed by atoms with Crippen LogP contribution in [0.3, 0.4) is 0 Å². The highest BCUT2D eigenvalue weighted by molar-refractivity contribution is 7.12. The van der Waals surface area contributed by atoms with Crippen molar-refractivity contribution in [1.82, 2.24) is 5.32 Å². The molecule has 2 heteroatoms. The van der Waals surface area contributed by atoms with Crippen LogP contribution in [0.25, 0.3) is 0 Å². The first-order chi connectivity index (χ1) is 8.08. The Balaban J connectivity index is 1.96. The molecule has 0 bridgehead atoms. The van der Waals surface area contributed by atoms with Crippen LogP contribution in [0, 0.1) is 19.8 Å². The molecule has 1 unspecified atom stereocenters. The number of aryl methyl sites for hydroxylation is 2. The molecule has 0 aliphatic heterocycles. The van der Waals surface area contributed by atoms with Gasteiger partial charge in [-0.1, -0.05) is 12.8 Å². The normalized spacial score (nSPS) is 20.7. The molecule has 0 radical (unpaired) electrons. The van der Waals surface area contributed by atoms with Crippen molar-refractivity contribution in [3.05, 3.63) is 21.4 Å². The predicted octanol–water partition coefficient (Wildman–Crippen LogP) is 4.59. The molecule has 0 saturated heterocycles. The summed E-state index contributed by atoms with van der Waals surface area (Å²) >= 11 is 1.92. The monoisotopic (exact) mass is 251 g/mol. The molecule has 0 spiro atoms. The lowest BCUT2D eigenvalue weighted by molar-refractivity contribution is 0.352. The average molecular weight is 251 g/mol. The fourth-order valence-corrected chi connectivity index (χ4v) is 4.18. The molecule has 96 valence electrons. The fraction of sp³-hybridized carbons (Fsp3) is 0.733. The first-order valence-corrected chi connectivity index (χ1v) is 7.72. The Kier molecular flexibility index (Phi) is 4.26. The molecule has 2 rings (SSSR count). The van der Waals surface area contributed by atoms with Crippen LogP contribution >= 0.6 is 11.3 Å². The maximum absolute atomic E-state index is 3.80. The van der Waals surface area contributed by atoms with Crippen molar-refractivity contribution in [3.63, 3.8) is 0 Å². The maximum atomic E-state index is 3.80. The lowest BCUT2D eigenvalue weighted by Crippen LogP contribution is -2.34. The van der Waals surface area contributed by atoms with Crippen molar-refractivity contribution < 1.29 is 0 Å². The molecule has 1 saturated carbocycles. The Morgan fingerprint density at radius 2 is 1.88 bits per heavy atom. The van der Waals surface area contributed by atoms with Crippen molar-refractivity contribution >= 4 is 11.3 Å². The maximum Gasteiger partial charge on any atom is 0.0305 e. The van der Waals surface area contributed by atoms with Crippen molar-refractivity contribution in [2.75, 3.05) is 0 Å². The summed E-state index contributed by atoms with van der Waals surface area (Å²) in [5, 5.41) is 3.80. The average Bonchev–Trinajstić information content (AvgIpc) is 2.87. The van der Waals surface area contributed by atoms with Gasteiger partial charge in [0.15, 0.2) is 0 Å². The topological polar surface area (TPSA) is 12.0 Å². The first-order valence-electron chi connectivity index (χ1n) is 6.91. The van der Waals surface area contributed by atoms with Gasteiger partial charge in [-0.2, -0.15) is 0 Å². The van der Waals surface area contributed by atoms with Crippen molar-refractivity contribution in [3.8, 4) is 0 Å². The van der Waals surface area contributed by atoms with Gasteiger partial charge in [0.1, 0.15) is 0 Å². The molecule has 1 aliphatic carbocycles. The van der Waals surface area contributed by atoms with Gasteiger partial charge in [0.2, 0.25) is 0 Å². The standard InChI is InChI=1S/C15H25NS/c1-10-9-15(13(4)17-10)12(3)16-11(2)14-7-5-6-8-14/h9,11-12,14,16H,5-8H2,1-4H3/t11-,12?/m1/s1. The number of hydrogen-bond acceptors (Lipinski definition) is 2. The first kappa shape index (κ1) is 13.1. The molecule has 1 nitrogen and oxygen atoms in total. The van der Waals surface area contributed by atoms with Crippen molar-refractivity contribution in [2.45, 2.75) is 65.5 Å². The Bertz CT molecular complexity index is 363. The lowest BCUT2D eigenvalue weighted by atomic mass is 9.98. The number of thiophene rings is 1. The summed E-state index contributed by atoms with van der Waals surface area (Å²) in [6.07, 6.45) is 5.70. The quantitative estimate of drug-likeness (QED) is 0.825. The van der Waals surface area contributed by atoms with Gasteiger partial charge in [-0.15, -0.1) is 11.3 Å². The Labute approximate surface area is 110 Å². The fourth-order valence-electron chi connectivity index (χ4n) is 3.16. The molecule has 1 heterocycles. The van der Waals surface area contributed by atoms with Crippen LogP contribution in [0.4, 0.5) is 0 Å². The van der Waals surface area contributed by atoms with Gasteiger partial charge in [-0.25, -0.2) is 0 Å². The van der Waals surface area contributed by atoms with E-state index < -0.39 is 0 Å². The third-order valence-corrected chi connectivity index (χ3v) is 5.15. The van der Waals surface area contributed by atoms with Gasteiger partial charge in [0.05, 0.1) is 0 Å². The molecule has 17 heavy (non-hydrogen) atoms. The molecule has 0 amide bonds. The molecule has 1 N–H and O–H groups in total. The second-order valence-corrected chi connectivity index (χ2v) is 7.05. The largest absolute Gasteiger partial charge is 0.307 e. The van der Waals surface area contributed by atoms with Crippen molar-refractivity contribution in [2.24, 2.45) is 5.92 Å². The third kappa shape index (κ3) is 3.11. The van der Waals surface area contributed by atoms with Crippen LogP contribution in [0.2, 0.25) is 0 Å². The minimum atomic E-state index is 0.496. The Morgan fingerprint density at radius 3 is 2.41 bits per heavy atom. The minimum absolute atomic E-state index is 0.496. The highest BCUT2D eigenvalue weighted by Crippen LogP contribution is 2.30.